The van der Waals surface area contributed by atoms with Gasteiger partial charge in [-0.25, -0.2) is 0 Å². The highest BCUT2D eigenvalue weighted by Crippen LogP contribution is 2.27. The molecule has 1 aromatic carbocycles. The van der Waals surface area contributed by atoms with E-state index in [2.05, 4.69) is 5.32 Å². The highest BCUT2D eigenvalue weighted by molar-refractivity contribution is 5.76. The Morgan fingerprint density at radius 3 is 2.59 bits per heavy atom. The second kappa shape index (κ2) is 6.75. The van der Waals surface area contributed by atoms with Gasteiger partial charge < -0.3 is 20.5 Å². The molecular weight excluding hydrogens is 220 g/mol. The minimum Gasteiger partial charge on any atom is -0.493 e. The van der Waals surface area contributed by atoms with Crippen molar-refractivity contribution in [1.29, 1.82) is 0 Å². The number of ether oxygens (including phenoxy) is 2. The minimum atomic E-state index is -0.0534. The van der Waals surface area contributed by atoms with Crippen molar-refractivity contribution in [2.24, 2.45) is 5.73 Å². The first kappa shape index (κ1) is 13.3. The van der Waals surface area contributed by atoms with Crippen LogP contribution in [0.4, 0.5) is 0 Å². The molecule has 1 aromatic rings. The molecule has 0 heterocycles. The molecule has 94 valence electrons. The van der Waals surface area contributed by atoms with Gasteiger partial charge in [-0.3, -0.25) is 4.79 Å². The number of hydrogen-bond acceptors (Lipinski definition) is 4. The normalized spacial score (nSPS) is 9.82. The van der Waals surface area contributed by atoms with Crippen LogP contribution in [-0.2, 0) is 11.3 Å². The zero-order valence-electron chi connectivity index (χ0n) is 10.2. The summed E-state index contributed by atoms with van der Waals surface area (Å²) in [6, 6.07) is 5.52. The zero-order valence-corrected chi connectivity index (χ0v) is 10.2. The molecule has 0 aliphatic carbocycles. The molecule has 5 heteroatoms. The Kier molecular flexibility index (Phi) is 5.29. The number of benzene rings is 1. The number of methoxy groups -OCH3 is 2. The Morgan fingerprint density at radius 2 is 2.00 bits per heavy atom. The van der Waals surface area contributed by atoms with Crippen molar-refractivity contribution in [3.8, 4) is 11.5 Å². The molecular formula is C12H18N2O3. The van der Waals surface area contributed by atoms with Gasteiger partial charge in [-0.05, 0) is 17.7 Å². The van der Waals surface area contributed by atoms with E-state index >= 15 is 0 Å². The van der Waals surface area contributed by atoms with Crippen LogP contribution in [0.2, 0.25) is 0 Å². The second-order valence-corrected chi connectivity index (χ2v) is 3.50. The number of hydrogen-bond donors (Lipinski definition) is 2. The van der Waals surface area contributed by atoms with Crippen LogP contribution in [0, 0.1) is 0 Å². The quantitative estimate of drug-likeness (QED) is 0.764. The molecule has 0 atom stereocenters. The van der Waals surface area contributed by atoms with Gasteiger partial charge in [-0.1, -0.05) is 6.07 Å². The zero-order chi connectivity index (χ0) is 12.7. The Labute approximate surface area is 101 Å². The fourth-order valence-electron chi connectivity index (χ4n) is 1.41. The average molecular weight is 238 g/mol. The predicted octanol–water partition coefficient (Wildman–Crippen LogP) is 0.669. The SMILES string of the molecule is COc1ccc(CNC(=O)CCN)cc1OC. The molecule has 5 nitrogen and oxygen atoms in total. The predicted molar refractivity (Wildman–Crippen MR) is 65.1 cm³/mol. The number of carbonyl (C=O) groups excluding carboxylic acids is 1. The van der Waals surface area contributed by atoms with Crippen LogP contribution >= 0.6 is 0 Å². The van der Waals surface area contributed by atoms with E-state index in [0.717, 1.165) is 5.56 Å². The summed E-state index contributed by atoms with van der Waals surface area (Å²) >= 11 is 0. The molecule has 0 unspecified atom stereocenters. The van der Waals surface area contributed by atoms with E-state index in [0.29, 0.717) is 31.0 Å². The molecule has 0 radical (unpaired) electrons. The molecule has 0 saturated heterocycles. The van der Waals surface area contributed by atoms with Gasteiger partial charge in [0, 0.05) is 19.5 Å². The second-order valence-electron chi connectivity index (χ2n) is 3.50. The third-order valence-electron chi connectivity index (χ3n) is 2.31. The van der Waals surface area contributed by atoms with Crippen LogP contribution in [0.3, 0.4) is 0 Å². The lowest BCUT2D eigenvalue weighted by Crippen LogP contribution is -2.24. The summed E-state index contributed by atoms with van der Waals surface area (Å²) < 4.78 is 10.3. The molecule has 3 N–H and O–H groups in total. The van der Waals surface area contributed by atoms with Crippen molar-refractivity contribution < 1.29 is 14.3 Å². The first-order valence-corrected chi connectivity index (χ1v) is 5.39. The van der Waals surface area contributed by atoms with E-state index in [-0.39, 0.29) is 5.91 Å². The third-order valence-corrected chi connectivity index (χ3v) is 2.31. The van der Waals surface area contributed by atoms with Gasteiger partial charge in [0.1, 0.15) is 0 Å². The monoisotopic (exact) mass is 238 g/mol. The van der Waals surface area contributed by atoms with Gasteiger partial charge >= 0.3 is 0 Å². The Morgan fingerprint density at radius 1 is 1.29 bits per heavy atom. The van der Waals surface area contributed by atoms with E-state index in [4.69, 9.17) is 15.2 Å². The van der Waals surface area contributed by atoms with Crippen molar-refractivity contribution in [1.82, 2.24) is 5.32 Å². The van der Waals surface area contributed by atoms with Gasteiger partial charge in [-0.2, -0.15) is 0 Å². The molecule has 0 bridgehead atoms. The average Bonchev–Trinajstić information content (AvgIpc) is 2.36. The van der Waals surface area contributed by atoms with Crippen molar-refractivity contribution in [2.45, 2.75) is 13.0 Å². The number of nitrogens with two attached hydrogens (primary N) is 1. The largest absolute Gasteiger partial charge is 0.493 e. The first-order chi connectivity index (χ1) is 8.21. The molecule has 0 aliphatic rings. The lowest BCUT2D eigenvalue weighted by molar-refractivity contribution is -0.121. The van der Waals surface area contributed by atoms with Crippen molar-refractivity contribution >= 4 is 5.91 Å². The molecule has 0 spiro atoms. The molecule has 1 amide bonds. The van der Waals surface area contributed by atoms with Crippen molar-refractivity contribution in [3.05, 3.63) is 23.8 Å². The van der Waals surface area contributed by atoms with Crippen molar-refractivity contribution in [3.63, 3.8) is 0 Å². The highest BCUT2D eigenvalue weighted by atomic mass is 16.5. The third kappa shape index (κ3) is 3.96. The smallest absolute Gasteiger partial charge is 0.221 e. The van der Waals surface area contributed by atoms with Gasteiger partial charge in [0.05, 0.1) is 14.2 Å². The Balaban J connectivity index is 2.63. The lowest BCUT2D eigenvalue weighted by atomic mass is 10.2. The number of amides is 1. The molecule has 1 rings (SSSR count). The molecule has 17 heavy (non-hydrogen) atoms. The van der Waals surface area contributed by atoms with Crippen LogP contribution in [0.15, 0.2) is 18.2 Å². The highest BCUT2D eigenvalue weighted by Gasteiger charge is 2.05. The number of nitrogens with one attached hydrogen (secondary N) is 1. The molecule has 0 fully saturated rings. The summed E-state index contributed by atoms with van der Waals surface area (Å²) in [6.07, 6.45) is 0.341. The topological polar surface area (TPSA) is 73.6 Å². The lowest BCUT2D eigenvalue weighted by Gasteiger charge is -2.10. The van der Waals surface area contributed by atoms with E-state index < -0.39 is 0 Å². The van der Waals surface area contributed by atoms with Crippen LogP contribution in [0.1, 0.15) is 12.0 Å². The minimum absolute atomic E-state index is 0.0534. The van der Waals surface area contributed by atoms with Crippen LogP contribution in [-0.4, -0.2) is 26.7 Å². The maximum absolute atomic E-state index is 11.2. The summed E-state index contributed by atoms with van der Waals surface area (Å²) in [5.41, 5.74) is 6.24. The summed E-state index contributed by atoms with van der Waals surface area (Å²) in [5.74, 6) is 1.27. The maximum atomic E-state index is 11.2. The standard InChI is InChI=1S/C12H18N2O3/c1-16-10-4-3-9(7-11(10)17-2)8-14-12(15)5-6-13/h3-4,7H,5-6,8,13H2,1-2H3,(H,14,15). The molecule has 0 saturated carbocycles. The van der Waals surface area contributed by atoms with Gasteiger partial charge in [0.15, 0.2) is 11.5 Å². The first-order valence-electron chi connectivity index (χ1n) is 5.39. The van der Waals surface area contributed by atoms with Crippen molar-refractivity contribution in [2.75, 3.05) is 20.8 Å². The summed E-state index contributed by atoms with van der Waals surface area (Å²) in [5, 5.41) is 2.77. The van der Waals surface area contributed by atoms with E-state index in [1.54, 1.807) is 14.2 Å². The number of carbonyl (C=O) groups is 1. The van der Waals surface area contributed by atoms with E-state index in [1.807, 2.05) is 18.2 Å². The summed E-state index contributed by atoms with van der Waals surface area (Å²) in [4.78, 5) is 11.2. The van der Waals surface area contributed by atoms with E-state index in [9.17, 15) is 4.79 Å². The number of rotatable bonds is 6. The van der Waals surface area contributed by atoms with Crippen LogP contribution in [0.25, 0.3) is 0 Å². The maximum Gasteiger partial charge on any atom is 0.221 e. The molecule has 0 aliphatic heterocycles. The fraction of sp³-hybridized carbons (Fsp3) is 0.417. The van der Waals surface area contributed by atoms with Crippen LogP contribution in [0.5, 0.6) is 11.5 Å². The van der Waals surface area contributed by atoms with Gasteiger partial charge in [0.25, 0.3) is 0 Å². The molecule has 0 aromatic heterocycles. The summed E-state index contributed by atoms with van der Waals surface area (Å²) in [7, 11) is 3.16. The van der Waals surface area contributed by atoms with Gasteiger partial charge in [0.2, 0.25) is 5.91 Å². The fourth-order valence-corrected chi connectivity index (χ4v) is 1.41. The van der Waals surface area contributed by atoms with Gasteiger partial charge in [-0.15, -0.1) is 0 Å². The van der Waals surface area contributed by atoms with E-state index in [1.165, 1.54) is 0 Å². The van der Waals surface area contributed by atoms with Crippen LogP contribution < -0.4 is 20.5 Å². The Hall–Kier alpha value is -1.75. The summed E-state index contributed by atoms with van der Waals surface area (Å²) in [6.45, 7) is 0.816. The Bertz CT molecular complexity index is 380.